The second kappa shape index (κ2) is 17.7. The van der Waals surface area contributed by atoms with Crippen LogP contribution in [0.3, 0.4) is 0 Å². The molecule has 2 aromatic carbocycles. The van der Waals surface area contributed by atoms with E-state index >= 15 is 0 Å². The first-order valence-electron chi connectivity index (χ1n) is 22.3. The summed E-state index contributed by atoms with van der Waals surface area (Å²) < 4.78 is 20.9. The van der Waals surface area contributed by atoms with E-state index in [-0.39, 0.29) is 47.8 Å². The van der Waals surface area contributed by atoms with Crippen molar-refractivity contribution >= 4 is 47.2 Å². The average Bonchev–Trinajstić information content (AvgIpc) is 4.04. The number of fused-ring (bicyclic) bond motifs is 2. The molecule has 4 amide bonds. The van der Waals surface area contributed by atoms with Crippen molar-refractivity contribution in [3.8, 4) is 33.6 Å². The summed E-state index contributed by atoms with van der Waals surface area (Å²) in [5.74, 6) is 1.65. The Morgan fingerprint density at radius 3 is 1.33 bits per heavy atom. The highest BCUT2D eigenvalue weighted by Crippen LogP contribution is 2.55. The number of benzene rings is 2. The maximum Gasteiger partial charge on any atom is 0.407 e. The van der Waals surface area contributed by atoms with Crippen molar-refractivity contribution in [3.63, 3.8) is 0 Å². The van der Waals surface area contributed by atoms with E-state index in [1.165, 1.54) is 14.2 Å². The molecule has 0 spiro atoms. The third kappa shape index (κ3) is 8.22. The van der Waals surface area contributed by atoms with Crippen LogP contribution in [0.1, 0.15) is 75.1 Å². The van der Waals surface area contributed by atoms with Gasteiger partial charge in [0.2, 0.25) is 11.8 Å². The summed E-state index contributed by atoms with van der Waals surface area (Å²) in [7, 11) is 2.61. The number of methoxy groups -OCH3 is 2. The number of nitrogens with zero attached hydrogens (tertiary/aromatic N) is 4. The van der Waals surface area contributed by atoms with E-state index in [0.717, 1.165) is 47.9 Å². The fourth-order valence-corrected chi connectivity index (χ4v) is 11.2. The number of aromatic amines is 2. The number of halogens is 2. The molecule has 2 saturated carbocycles. The molecule has 4 aliphatic heterocycles. The van der Waals surface area contributed by atoms with Crippen LogP contribution < -0.4 is 10.6 Å². The molecular formula is C46H52Cl2N8O8. The fraction of sp³-hybridized carbons (Fsp3) is 0.522. The predicted molar refractivity (Wildman–Crippen MR) is 235 cm³/mol. The van der Waals surface area contributed by atoms with Gasteiger partial charge in [0.25, 0.3) is 0 Å². The molecule has 6 fully saturated rings. The highest BCUT2D eigenvalue weighted by molar-refractivity contribution is 6.32. The van der Waals surface area contributed by atoms with Gasteiger partial charge < -0.3 is 49.3 Å². The Hall–Kier alpha value is -5.16. The standard InChI is InChI=1S/C46H52Cl2N8O8/c1-61-45(59)51-37(27-11-15-63-16-12-27)43(57)55-31-19-29(31)21-33(55)41-49-35(39(47)53-41)25-7-3-23(4-8-25)24-5-9-26(10-6-24)36-40(48)54-42(50-36)34-22-30-20-32(30)56(34)44(58)38(52-46(60)62-2)28-13-17-64-18-14-28/h3-10,27-34,37-38H,11-22H2,1-2H3,(H,49,53)(H,50,54)(H,51,59)(H,52,60)/t29-,30-,31-,32-,33+,34+,37+,38+/m1/s1. The number of hydrogen-bond acceptors (Lipinski definition) is 10. The quantitative estimate of drug-likeness (QED) is 0.121. The van der Waals surface area contributed by atoms with Crippen molar-refractivity contribution in [2.24, 2.45) is 23.7 Å². The molecule has 338 valence electrons. The van der Waals surface area contributed by atoms with Gasteiger partial charge in [-0.15, -0.1) is 0 Å². The molecule has 2 aromatic heterocycles. The second-order valence-corrected chi connectivity index (χ2v) is 18.7. The Balaban J connectivity index is 0.829. The summed E-state index contributed by atoms with van der Waals surface area (Å²) in [5, 5.41) is 6.45. The van der Waals surface area contributed by atoms with Gasteiger partial charge in [-0.2, -0.15) is 0 Å². The lowest BCUT2D eigenvalue weighted by atomic mass is 9.90. The predicted octanol–water partition coefficient (Wildman–Crippen LogP) is 7.07. The Labute approximate surface area is 380 Å². The molecule has 4 N–H and O–H groups in total. The van der Waals surface area contributed by atoms with Crippen LogP contribution in [-0.2, 0) is 28.5 Å². The topological polar surface area (TPSA) is 193 Å². The van der Waals surface area contributed by atoms with Gasteiger partial charge in [-0.1, -0.05) is 71.7 Å². The number of carbonyl (C=O) groups is 4. The lowest BCUT2D eigenvalue weighted by Crippen LogP contribution is -2.54. The van der Waals surface area contributed by atoms with Gasteiger partial charge in [0.15, 0.2) is 0 Å². The lowest BCUT2D eigenvalue weighted by Gasteiger charge is -2.35. The van der Waals surface area contributed by atoms with Crippen molar-refractivity contribution in [3.05, 3.63) is 70.5 Å². The normalized spacial score (nSPS) is 26.1. The molecule has 16 nitrogen and oxygen atoms in total. The molecule has 6 heterocycles. The Bertz CT molecular complexity index is 2230. The number of hydrogen-bond donors (Lipinski definition) is 4. The third-order valence-electron chi connectivity index (χ3n) is 14.3. The van der Waals surface area contributed by atoms with E-state index in [2.05, 4.69) is 20.6 Å². The zero-order chi connectivity index (χ0) is 44.2. The monoisotopic (exact) mass is 914 g/mol. The summed E-state index contributed by atoms with van der Waals surface area (Å²) in [5.41, 5.74) is 4.83. The van der Waals surface area contributed by atoms with E-state index in [4.69, 9.17) is 52.1 Å². The summed E-state index contributed by atoms with van der Waals surface area (Å²) >= 11 is 13.6. The number of H-pyrrole nitrogens is 2. The number of nitrogens with one attached hydrogen (secondary N) is 4. The number of imidazole rings is 2. The Morgan fingerprint density at radius 2 is 0.969 bits per heavy atom. The van der Waals surface area contributed by atoms with Crippen LogP contribution in [0.2, 0.25) is 10.3 Å². The third-order valence-corrected chi connectivity index (χ3v) is 14.8. The van der Waals surface area contributed by atoms with E-state index in [9.17, 15) is 19.2 Å². The van der Waals surface area contributed by atoms with Crippen LogP contribution >= 0.6 is 23.2 Å². The van der Waals surface area contributed by atoms with Crippen LogP contribution in [0.25, 0.3) is 33.6 Å². The molecule has 4 aromatic rings. The van der Waals surface area contributed by atoms with E-state index in [1.807, 2.05) is 58.3 Å². The first-order chi connectivity index (χ1) is 31.1. The molecule has 18 heteroatoms. The summed E-state index contributed by atoms with van der Waals surface area (Å²) in [6.45, 7) is 2.17. The van der Waals surface area contributed by atoms with Gasteiger partial charge in [0.05, 0.1) is 26.3 Å². The van der Waals surface area contributed by atoms with Crippen molar-refractivity contribution in [2.75, 3.05) is 40.6 Å². The van der Waals surface area contributed by atoms with Gasteiger partial charge in [-0.25, -0.2) is 19.6 Å². The summed E-state index contributed by atoms with van der Waals surface area (Å²) in [4.78, 5) is 73.6. The number of piperidine rings is 2. The molecule has 64 heavy (non-hydrogen) atoms. The lowest BCUT2D eigenvalue weighted by molar-refractivity contribution is -0.138. The maximum atomic E-state index is 14.3. The molecule has 4 saturated heterocycles. The number of likely N-dealkylation sites (tertiary alicyclic amines) is 2. The van der Waals surface area contributed by atoms with Gasteiger partial charge in [0, 0.05) is 49.6 Å². The highest BCUT2D eigenvalue weighted by atomic mass is 35.5. The van der Waals surface area contributed by atoms with Crippen molar-refractivity contribution in [1.29, 1.82) is 0 Å². The van der Waals surface area contributed by atoms with E-state index in [0.29, 0.717) is 97.3 Å². The molecule has 2 aliphatic carbocycles. The zero-order valence-electron chi connectivity index (χ0n) is 35.7. The van der Waals surface area contributed by atoms with Gasteiger partial charge in [0.1, 0.15) is 45.4 Å². The van der Waals surface area contributed by atoms with Gasteiger partial charge in [-0.05, 0) is 86.2 Å². The van der Waals surface area contributed by atoms with Crippen molar-refractivity contribution in [1.82, 2.24) is 40.4 Å². The molecule has 8 atom stereocenters. The summed E-state index contributed by atoms with van der Waals surface area (Å²) in [6, 6.07) is 14.2. The van der Waals surface area contributed by atoms with Crippen LogP contribution in [0, 0.1) is 23.7 Å². The maximum absolute atomic E-state index is 14.3. The minimum absolute atomic E-state index is 0.0573. The number of aromatic nitrogens is 4. The fourth-order valence-electron chi connectivity index (χ4n) is 10.7. The molecule has 0 unspecified atom stereocenters. The Kier molecular flexibility index (Phi) is 11.8. The number of carbonyl (C=O) groups excluding carboxylic acids is 4. The summed E-state index contributed by atoms with van der Waals surface area (Å²) in [6.07, 6.45) is 4.84. The highest BCUT2D eigenvalue weighted by Gasteiger charge is 2.58. The smallest absolute Gasteiger partial charge is 0.407 e. The van der Waals surface area contributed by atoms with Crippen LogP contribution in [-0.4, -0.2) is 119 Å². The molecule has 0 radical (unpaired) electrons. The number of alkyl carbamates (subject to hydrolysis) is 2. The van der Waals surface area contributed by atoms with Crippen molar-refractivity contribution in [2.45, 2.75) is 87.6 Å². The van der Waals surface area contributed by atoms with Crippen LogP contribution in [0.4, 0.5) is 9.59 Å². The molecule has 10 rings (SSSR count). The van der Waals surface area contributed by atoms with Crippen molar-refractivity contribution < 1.29 is 38.1 Å². The number of rotatable bonds is 11. The molecular weight excluding hydrogens is 863 g/mol. The van der Waals surface area contributed by atoms with E-state index < -0.39 is 24.3 Å². The minimum Gasteiger partial charge on any atom is -0.453 e. The largest absolute Gasteiger partial charge is 0.453 e. The minimum atomic E-state index is -0.719. The zero-order valence-corrected chi connectivity index (χ0v) is 37.2. The number of ether oxygens (including phenoxy) is 4. The first-order valence-corrected chi connectivity index (χ1v) is 23.1. The molecule has 6 aliphatic rings. The first kappa shape index (κ1) is 42.8. The average molecular weight is 916 g/mol. The van der Waals surface area contributed by atoms with Gasteiger partial charge >= 0.3 is 12.2 Å². The van der Waals surface area contributed by atoms with Crippen LogP contribution in [0.5, 0.6) is 0 Å². The SMILES string of the molecule is COC(=O)N[C@H](C(=O)N1[C@@H]2C[C@@H]2C[C@H]1c1nc(-c2ccc(-c3ccc(-c4nc([C@@H]5C[C@H]6C[C@H]6N5C(=O)[C@@H](NC(=O)OC)C5CCOCC5)[nH]c4Cl)cc3)cc2)c(Cl)[nH]1)C1CCOCC1. The second-order valence-electron chi connectivity index (χ2n) is 18.0. The van der Waals surface area contributed by atoms with Crippen LogP contribution in [0.15, 0.2) is 48.5 Å². The Morgan fingerprint density at radius 1 is 0.609 bits per heavy atom. The van der Waals surface area contributed by atoms with E-state index in [1.54, 1.807) is 0 Å². The van der Waals surface area contributed by atoms with Gasteiger partial charge in [-0.3, -0.25) is 9.59 Å². The number of amides is 4. The molecule has 0 bridgehead atoms.